The molecule has 8 heteroatoms. The lowest BCUT2D eigenvalue weighted by Crippen LogP contribution is -2.35. The molecule has 0 unspecified atom stereocenters. The van der Waals surface area contributed by atoms with Gasteiger partial charge in [0.2, 0.25) is 0 Å². The summed E-state index contributed by atoms with van der Waals surface area (Å²) in [7, 11) is 1.31. The van der Waals surface area contributed by atoms with Gasteiger partial charge < -0.3 is 18.9 Å². The molecule has 0 amide bonds. The Bertz CT molecular complexity index is 1120. The first kappa shape index (κ1) is 22.9. The third-order valence-electron chi connectivity index (χ3n) is 5.42. The number of para-hydroxylation sites is 1. The van der Waals surface area contributed by atoms with E-state index >= 15 is 0 Å². The maximum absolute atomic E-state index is 14.7. The van der Waals surface area contributed by atoms with E-state index in [1.807, 2.05) is 30.3 Å². The average Bonchev–Trinajstić information content (AvgIpc) is 3.21. The highest BCUT2D eigenvalue weighted by Gasteiger charge is 2.30. The van der Waals surface area contributed by atoms with Crippen molar-refractivity contribution >= 4 is 5.97 Å². The van der Waals surface area contributed by atoms with Crippen LogP contribution in [0.3, 0.4) is 0 Å². The molecule has 1 aliphatic heterocycles. The molecule has 1 aliphatic rings. The van der Waals surface area contributed by atoms with Gasteiger partial charge in [-0.3, -0.25) is 0 Å². The van der Waals surface area contributed by atoms with Gasteiger partial charge in [0.25, 0.3) is 0 Å². The van der Waals surface area contributed by atoms with Crippen LogP contribution in [0.5, 0.6) is 5.75 Å². The van der Waals surface area contributed by atoms with Crippen molar-refractivity contribution in [2.45, 2.75) is 26.1 Å². The first-order chi connectivity index (χ1) is 15.9. The van der Waals surface area contributed by atoms with Crippen LogP contribution in [0.1, 0.15) is 19.5 Å². The fourth-order valence-electron chi connectivity index (χ4n) is 3.41. The highest BCUT2D eigenvalue weighted by Crippen LogP contribution is 2.29. The first-order valence-corrected chi connectivity index (χ1v) is 10.7. The molecule has 2 heterocycles. The molecule has 0 saturated carbocycles. The number of hydrogen-bond acceptors (Lipinski definition) is 6. The van der Waals surface area contributed by atoms with Crippen LogP contribution in [-0.2, 0) is 25.6 Å². The predicted molar refractivity (Wildman–Crippen MR) is 120 cm³/mol. The van der Waals surface area contributed by atoms with Crippen molar-refractivity contribution in [1.82, 2.24) is 9.78 Å². The van der Waals surface area contributed by atoms with Crippen molar-refractivity contribution in [2.24, 2.45) is 5.92 Å². The summed E-state index contributed by atoms with van der Waals surface area (Å²) >= 11 is 0. The Kier molecular flexibility index (Phi) is 6.76. The summed E-state index contributed by atoms with van der Waals surface area (Å²) in [6.07, 6.45) is 0. The molecule has 1 aromatic heterocycles. The van der Waals surface area contributed by atoms with E-state index in [0.717, 1.165) is 5.56 Å². The molecule has 2 aromatic carbocycles. The summed E-state index contributed by atoms with van der Waals surface area (Å²) in [6.45, 7) is 5.31. The molecule has 0 atom stereocenters. The van der Waals surface area contributed by atoms with Gasteiger partial charge in [0, 0.05) is 11.5 Å². The molecule has 33 heavy (non-hydrogen) atoms. The number of carbonyl (C=O) groups is 1. The number of hydrogen-bond donors (Lipinski definition) is 0. The minimum Gasteiger partial charge on any atom is -0.493 e. The summed E-state index contributed by atoms with van der Waals surface area (Å²) < 4.78 is 37.9. The number of esters is 1. The zero-order valence-electron chi connectivity index (χ0n) is 18.9. The van der Waals surface area contributed by atoms with Gasteiger partial charge in [-0.15, -0.1) is 0 Å². The third-order valence-corrected chi connectivity index (χ3v) is 5.42. The lowest BCUT2D eigenvalue weighted by Gasteiger charge is -2.25. The Hall–Kier alpha value is -3.23. The lowest BCUT2D eigenvalue weighted by atomic mass is 10.1. The van der Waals surface area contributed by atoms with Crippen LogP contribution in [0.2, 0.25) is 0 Å². The van der Waals surface area contributed by atoms with Gasteiger partial charge in [-0.2, -0.15) is 5.10 Å². The molecule has 0 radical (unpaired) electrons. The van der Waals surface area contributed by atoms with E-state index in [1.54, 1.807) is 32.0 Å². The molecule has 0 bridgehead atoms. The topological polar surface area (TPSA) is 71.8 Å². The summed E-state index contributed by atoms with van der Waals surface area (Å²) in [5.41, 5.74) is 1.20. The molecule has 1 saturated heterocycles. The molecule has 0 aliphatic carbocycles. The lowest BCUT2D eigenvalue weighted by molar-refractivity contribution is -0.166. The number of ether oxygens (including phenoxy) is 4. The van der Waals surface area contributed by atoms with Crippen molar-refractivity contribution in [3.63, 3.8) is 0 Å². The molecular formula is C25H27FN2O5. The smallest absolute Gasteiger partial charge is 0.337 e. The molecule has 3 aromatic rings. The van der Waals surface area contributed by atoms with Crippen LogP contribution in [-0.4, -0.2) is 48.3 Å². The van der Waals surface area contributed by atoms with Gasteiger partial charge in [0.05, 0.1) is 44.9 Å². The Morgan fingerprint density at radius 2 is 1.97 bits per heavy atom. The normalized spacial score (nSPS) is 14.1. The maximum atomic E-state index is 14.7. The van der Waals surface area contributed by atoms with Crippen molar-refractivity contribution in [2.75, 3.05) is 26.9 Å². The monoisotopic (exact) mass is 454 g/mol. The first-order valence-electron chi connectivity index (χ1n) is 10.7. The molecule has 4 rings (SSSR count). The van der Waals surface area contributed by atoms with Gasteiger partial charge in [-0.05, 0) is 44.2 Å². The third kappa shape index (κ3) is 5.23. The predicted octanol–water partition coefficient (Wildman–Crippen LogP) is 4.17. The Balaban J connectivity index is 1.64. The van der Waals surface area contributed by atoms with Crippen LogP contribution in [0.15, 0.2) is 54.6 Å². The van der Waals surface area contributed by atoms with Crippen LogP contribution in [0.25, 0.3) is 16.9 Å². The van der Waals surface area contributed by atoms with E-state index in [9.17, 15) is 9.18 Å². The summed E-state index contributed by atoms with van der Waals surface area (Å²) in [4.78, 5) is 11.9. The SMILES string of the molecule is COC(=O)C(C)(C)OCc1cc(-c2cccc(OCC3COC3)c2)n(-c2ccccc2F)n1. The highest BCUT2D eigenvalue weighted by molar-refractivity contribution is 5.78. The number of benzene rings is 2. The summed E-state index contributed by atoms with van der Waals surface area (Å²) in [5, 5.41) is 4.57. The Labute approximate surface area is 192 Å². The number of carbonyl (C=O) groups excluding carboxylic acids is 1. The van der Waals surface area contributed by atoms with Gasteiger partial charge in [-0.1, -0.05) is 24.3 Å². The second-order valence-corrected chi connectivity index (χ2v) is 8.42. The van der Waals surface area contributed by atoms with Crippen molar-refractivity contribution in [3.8, 4) is 22.7 Å². The van der Waals surface area contributed by atoms with E-state index in [4.69, 9.17) is 18.9 Å². The van der Waals surface area contributed by atoms with E-state index in [1.165, 1.54) is 17.9 Å². The Morgan fingerprint density at radius 1 is 1.18 bits per heavy atom. The van der Waals surface area contributed by atoms with E-state index < -0.39 is 17.4 Å². The number of nitrogens with zero attached hydrogens (tertiary/aromatic N) is 2. The highest BCUT2D eigenvalue weighted by atomic mass is 19.1. The van der Waals surface area contributed by atoms with Gasteiger partial charge >= 0.3 is 5.97 Å². The maximum Gasteiger partial charge on any atom is 0.337 e. The molecule has 1 fully saturated rings. The molecule has 7 nitrogen and oxygen atoms in total. The van der Waals surface area contributed by atoms with Crippen LogP contribution in [0, 0.1) is 11.7 Å². The van der Waals surface area contributed by atoms with Crippen molar-refractivity contribution < 1.29 is 28.1 Å². The van der Waals surface area contributed by atoms with E-state index in [2.05, 4.69) is 5.10 Å². The van der Waals surface area contributed by atoms with Crippen LogP contribution < -0.4 is 4.74 Å². The number of halogens is 1. The second kappa shape index (κ2) is 9.72. The minimum atomic E-state index is -1.14. The van der Waals surface area contributed by atoms with Gasteiger partial charge in [-0.25, -0.2) is 13.9 Å². The number of rotatable bonds is 9. The number of methoxy groups -OCH3 is 1. The molecule has 174 valence electrons. The molecule has 0 N–H and O–H groups in total. The largest absolute Gasteiger partial charge is 0.493 e. The van der Waals surface area contributed by atoms with E-state index in [0.29, 0.717) is 48.6 Å². The average molecular weight is 454 g/mol. The zero-order chi connectivity index (χ0) is 23.4. The fourth-order valence-corrected chi connectivity index (χ4v) is 3.41. The van der Waals surface area contributed by atoms with Crippen LogP contribution >= 0.6 is 0 Å². The van der Waals surface area contributed by atoms with Crippen molar-refractivity contribution in [3.05, 3.63) is 66.1 Å². The second-order valence-electron chi connectivity index (χ2n) is 8.42. The van der Waals surface area contributed by atoms with Crippen molar-refractivity contribution in [1.29, 1.82) is 0 Å². The standard InChI is InChI=1S/C25H27FN2O5/c1-25(2,24(29)30-3)33-16-19-12-23(28(27-19)22-10-5-4-9-21(22)26)18-7-6-8-20(11-18)32-15-17-13-31-14-17/h4-12,17H,13-16H2,1-3H3. The minimum absolute atomic E-state index is 0.0500. The van der Waals surface area contributed by atoms with Gasteiger partial charge in [0.15, 0.2) is 5.60 Å². The van der Waals surface area contributed by atoms with Crippen LogP contribution in [0.4, 0.5) is 4.39 Å². The zero-order valence-corrected chi connectivity index (χ0v) is 18.9. The molecule has 0 spiro atoms. The molecular weight excluding hydrogens is 427 g/mol. The quantitative estimate of drug-likeness (QED) is 0.452. The fraction of sp³-hybridized carbons (Fsp3) is 0.360. The van der Waals surface area contributed by atoms with Gasteiger partial charge in [0.1, 0.15) is 17.3 Å². The van der Waals surface area contributed by atoms with E-state index in [-0.39, 0.29) is 6.61 Å². The summed E-state index contributed by atoms with van der Waals surface area (Å²) in [5.74, 6) is 0.226. The summed E-state index contributed by atoms with van der Waals surface area (Å²) in [6, 6.07) is 15.8. The number of aromatic nitrogens is 2. The Morgan fingerprint density at radius 3 is 2.67 bits per heavy atom.